The van der Waals surface area contributed by atoms with Gasteiger partial charge in [0.1, 0.15) is 28.2 Å². The van der Waals surface area contributed by atoms with E-state index in [0.29, 0.717) is 0 Å². The Kier molecular flexibility index (Phi) is 6.96. The van der Waals surface area contributed by atoms with Gasteiger partial charge in [0.2, 0.25) is 17.5 Å². The van der Waals surface area contributed by atoms with E-state index in [2.05, 4.69) is 0 Å². The van der Waals surface area contributed by atoms with Crippen molar-refractivity contribution in [3.63, 3.8) is 0 Å². The number of aliphatic hydroxyl groups excluding tert-OH is 1. The maximum absolute atomic E-state index is 13.5. The Morgan fingerprint density at radius 1 is 0.919 bits per heavy atom. The van der Waals surface area contributed by atoms with E-state index in [1.54, 1.807) is 0 Å². The lowest BCUT2D eigenvalue weighted by atomic mass is 9.99. The van der Waals surface area contributed by atoms with Crippen LogP contribution in [0.25, 0.3) is 22.3 Å². The fourth-order valence-corrected chi connectivity index (χ4v) is 4.06. The van der Waals surface area contributed by atoms with E-state index in [4.69, 9.17) is 23.4 Å². The monoisotopic (exact) mass is 516 g/mol. The first-order valence-corrected chi connectivity index (χ1v) is 11.1. The molecular formula is C25H24O12. The van der Waals surface area contributed by atoms with Crippen LogP contribution in [-0.2, 0) is 23.8 Å². The van der Waals surface area contributed by atoms with Crippen LogP contribution in [0, 0.1) is 0 Å². The molecule has 196 valence electrons. The Hall–Kier alpha value is -4.29. The number of fused-ring (bicyclic) bond motifs is 1. The minimum Gasteiger partial charge on any atom is -0.508 e. The molecule has 2 heterocycles. The largest absolute Gasteiger partial charge is 0.508 e. The van der Waals surface area contributed by atoms with Crippen LogP contribution >= 0.6 is 0 Å². The van der Waals surface area contributed by atoms with Gasteiger partial charge in [-0.05, 0) is 31.2 Å². The van der Waals surface area contributed by atoms with Crippen LogP contribution in [0.15, 0.2) is 45.6 Å². The van der Waals surface area contributed by atoms with Gasteiger partial charge < -0.3 is 43.8 Å². The van der Waals surface area contributed by atoms with Crippen LogP contribution in [0.4, 0.5) is 0 Å². The predicted octanol–water partition coefficient (Wildman–Crippen LogP) is 1.92. The van der Waals surface area contributed by atoms with E-state index >= 15 is 0 Å². The molecule has 1 fully saturated rings. The second-order valence-corrected chi connectivity index (χ2v) is 8.44. The molecule has 12 heteroatoms. The van der Waals surface area contributed by atoms with Gasteiger partial charge in [-0.2, -0.15) is 0 Å². The summed E-state index contributed by atoms with van der Waals surface area (Å²) in [6.45, 7) is 3.73. The molecule has 0 unspecified atom stereocenters. The molecular weight excluding hydrogens is 492 g/mol. The number of hydrogen-bond donors (Lipinski definition) is 4. The summed E-state index contributed by atoms with van der Waals surface area (Å²) in [6, 6.07) is 7.58. The van der Waals surface area contributed by atoms with Crippen molar-refractivity contribution in [3.8, 4) is 34.3 Å². The molecule has 5 atom stereocenters. The number of benzene rings is 2. The topological polar surface area (TPSA) is 182 Å². The van der Waals surface area contributed by atoms with Gasteiger partial charge in [0.05, 0.1) is 6.10 Å². The molecule has 1 saturated heterocycles. The molecule has 3 aromatic rings. The molecule has 1 aromatic heterocycles. The summed E-state index contributed by atoms with van der Waals surface area (Å²) in [5, 5.41) is 40.5. The maximum Gasteiger partial charge on any atom is 0.303 e. The molecule has 4 rings (SSSR count). The van der Waals surface area contributed by atoms with E-state index in [1.165, 1.54) is 31.2 Å². The van der Waals surface area contributed by atoms with Gasteiger partial charge in [-0.3, -0.25) is 14.4 Å². The quantitative estimate of drug-likeness (QED) is 0.362. The number of esters is 2. The van der Waals surface area contributed by atoms with Gasteiger partial charge in [0.15, 0.2) is 24.1 Å². The zero-order valence-corrected chi connectivity index (χ0v) is 19.9. The van der Waals surface area contributed by atoms with E-state index in [1.807, 2.05) is 0 Å². The average molecular weight is 516 g/mol. The molecule has 0 spiro atoms. The average Bonchev–Trinajstić information content (AvgIpc) is 2.80. The molecule has 0 radical (unpaired) electrons. The summed E-state index contributed by atoms with van der Waals surface area (Å²) in [5.74, 6) is -3.14. The minimum atomic E-state index is -1.72. The van der Waals surface area contributed by atoms with Gasteiger partial charge in [0, 0.05) is 31.5 Å². The van der Waals surface area contributed by atoms with Crippen molar-refractivity contribution in [2.45, 2.75) is 51.5 Å². The van der Waals surface area contributed by atoms with E-state index in [9.17, 15) is 34.8 Å². The van der Waals surface area contributed by atoms with Crippen LogP contribution < -0.4 is 10.2 Å². The predicted molar refractivity (Wildman–Crippen MR) is 125 cm³/mol. The molecule has 1 aliphatic heterocycles. The van der Waals surface area contributed by atoms with Crippen molar-refractivity contribution in [3.05, 3.63) is 46.6 Å². The Morgan fingerprint density at radius 2 is 1.54 bits per heavy atom. The Bertz CT molecular complexity index is 1390. The van der Waals surface area contributed by atoms with Crippen molar-refractivity contribution < 1.29 is 53.4 Å². The normalized spacial score (nSPS) is 23.4. The number of phenolic OH excluding ortho intramolecular Hbond substituents is 3. The molecule has 4 N–H and O–H groups in total. The Balaban J connectivity index is 1.83. The van der Waals surface area contributed by atoms with Gasteiger partial charge in [0.25, 0.3) is 0 Å². The first kappa shape index (κ1) is 25.8. The van der Waals surface area contributed by atoms with Crippen molar-refractivity contribution in [1.82, 2.24) is 0 Å². The number of phenols is 3. The third-order valence-corrected chi connectivity index (χ3v) is 5.64. The van der Waals surface area contributed by atoms with Crippen LogP contribution in [0.1, 0.15) is 20.8 Å². The van der Waals surface area contributed by atoms with Crippen LogP contribution in [0.2, 0.25) is 0 Å². The molecule has 0 amide bonds. The van der Waals surface area contributed by atoms with Gasteiger partial charge in [-0.1, -0.05) is 0 Å². The lowest BCUT2D eigenvalue weighted by molar-refractivity contribution is -0.276. The van der Waals surface area contributed by atoms with Crippen LogP contribution in [0.5, 0.6) is 23.0 Å². The lowest BCUT2D eigenvalue weighted by Gasteiger charge is -2.41. The standard InChI is InChI=1S/C25H24O12/c1-10-21(34-11(2)26)24(35-12(3)27)20(32)25(33-10)37-23-19(31)18-16(30)8-15(29)9-17(18)36-22(23)13-4-6-14(28)7-5-13/h4-10,20-21,24-25,28-30,32H,1-3H3/t10-,20+,21+,24+,25+/m0/s1. The molecule has 12 nitrogen and oxygen atoms in total. The fourth-order valence-electron chi connectivity index (χ4n) is 4.06. The molecule has 0 aliphatic carbocycles. The lowest BCUT2D eigenvalue weighted by Crippen LogP contribution is -2.61. The van der Waals surface area contributed by atoms with Crippen LogP contribution in [-0.4, -0.2) is 63.1 Å². The number of ether oxygens (including phenoxy) is 4. The number of rotatable bonds is 5. The van der Waals surface area contributed by atoms with Gasteiger partial charge in [-0.15, -0.1) is 0 Å². The second-order valence-electron chi connectivity index (χ2n) is 8.44. The summed E-state index contributed by atoms with van der Waals surface area (Å²) >= 11 is 0. The molecule has 2 aromatic carbocycles. The van der Waals surface area contributed by atoms with Crippen LogP contribution in [0.3, 0.4) is 0 Å². The zero-order chi connectivity index (χ0) is 27.0. The van der Waals surface area contributed by atoms with E-state index < -0.39 is 59.6 Å². The number of carbonyl (C=O) groups is 2. The summed E-state index contributed by atoms with van der Waals surface area (Å²) in [7, 11) is 0. The van der Waals surface area contributed by atoms with Crippen molar-refractivity contribution in [1.29, 1.82) is 0 Å². The fraction of sp³-hybridized carbons (Fsp3) is 0.320. The highest BCUT2D eigenvalue weighted by Crippen LogP contribution is 2.37. The highest BCUT2D eigenvalue weighted by molar-refractivity contribution is 5.88. The van der Waals surface area contributed by atoms with Gasteiger partial charge in [-0.25, -0.2) is 0 Å². The zero-order valence-electron chi connectivity index (χ0n) is 19.9. The minimum absolute atomic E-state index is 0.0646. The molecule has 0 saturated carbocycles. The third-order valence-electron chi connectivity index (χ3n) is 5.64. The highest BCUT2D eigenvalue weighted by atomic mass is 16.7. The summed E-state index contributed by atoms with van der Waals surface area (Å²) < 4.78 is 27.7. The van der Waals surface area contributed by atoms with Crippen molar-refractivity contribution >= 4 is 22.9 Å². The number of aromatic hydroxyl groups is 3. The summed E-state index contributed by atoms with van der Waals surface area (Å²) in [5.41, 5.74) is -0.761. The van der Waals surface area contributed by atoms with Crippen molar-refractivity contribution in [2.75, 3.05) is 0 Å². The van der Waals surface area contributed by atoms with Gasteiger partial charge >= 0.3 is 11.9 Å². The Morgan fingerprint density at radius 3 is 2.16 bits per heavy atom. The number of hydrogen-bond acceptors (Lipinski definition) is 12. The third kappa shape index (κ3) is 5.15. The molecule has 0 bridgehead atoms. The molecule has 1 aliphatic rings. The smallest absolute Gasteiger partial charge is 0.303 e. The SMILES string of the molecule is CC(=O)O[C@@H]1[C@@H](O)[C@@H](Oc2c(-c3ccc(O)cc3)oc3cc(O)cc(O)c3c2=O)O[C@@H](C)[C@H]1OC(C)=O. The summed E-state index contributed by atoms with van der Waals surface area (Å²) in [4.78, 5) is 36.8. The summed E-state index contributed by atoms with van der Waals surface area (Å²) in [6.07, 6.45) is -6.85. The van der Waals surface area contributed by atoms with E-state index in [0.717, 1.165) is 26.0 Å². The van der Waals surface area contributed by atoms with E-state index in [-0.39, 0.29) is 33.8 Å². The Labute approximate surface area is 209 Å². The number of aliphatic hydroxyl groups is 1. The maximum atomic E-state index is 13.5. The molecule has 37 heavy (non-hydrogen) atoms. The van der Waals surface area contributed by atoms with Crippen molar-refractivity contribution in [2.24, 2.45) is 0 Å². The first-order valence-electron chi connectivity index (χ1n) is 11.1. The second kappa shape index (κ2) is 9.99. The highest BCUT2D eigenvalue weighted by Gasteiger charge is 2.49. The number of carbonyl (C=O) groups excluding carboxylic acids is 2. The first-order chi connectivity index (χ1) is 17.5.